The summed E-state index contributed by atoms with van der Waals surface area (Å²) in [7, 11) is 1.62. The van der Waals surface area contributed by atoms with Crippen LogP contribution < -0.4 is 4.90 Å². The molecule has 0 bridgehead atoms. The Balaban J connectivity index is 1.59. The Morgan fingerprint density at radius 1 is 1.28 bits per heavy atom. The summed E-state index contributed by atoms with van der Waals surface area (Å²) in [4.78, 5) is 20.3. The van der Waals surface area contributed by atoms with Crippen molar-refractivity contribution in [2.24, 2.45) is 0 Å². The highest BCUT2D eigenvalue weighted by molar-refractivity contribution is 7.09. The maximum atomic E-state index is 13.3. The molecule has 9 heteroatoms. The average molecular weight is 368 g/mol. The number of ether oxygens (including phenoxy) is 1. The number of halogens is 2. The third-order valence-electron chi connectivity index (χ3n) is 3.93. The predicted octanol–water partition coefficient (Wildman–Crippen LogP) is 1.85. The first-order valence-corrected chi connectivity index (χ1v) is 8.62. The summed E-state index contributed by atoms with van der Waals surface area (Å²) in [6.07, 6.45) is 0.636. The normalized spacial score (nSPS) is 15.1. The number of aromatic nitrogens is 2. The number of carbonyl (C=O) groups is 1. The number of rotatable bonds is 6. The summed E-state index contributed by atoms with van der Waals surface area (Å²) in [5.74, 6) is -1.16. The van der Waals surface area contributed by atoms with Crippen LogP contribution in [0.25, 0.3) is 0 Å². The Labute approximate surface area is 148 Å². The number of piperazine rings is 1. The van der Waals surface area contributed by atoms with Crippen molar-refractivity contribution in [2.45, 2.75) is 13.0 Å². The highest BCUT2D eigenvalue weighted by atomic mass is 32.1. The van der Waals surface area contributed by atoms with Gasteiger partial charge in [0.1, 0.15) is 5.82 Å². The molecule has 0 radical (unpaired) electrons. The summed E-state index contributed by atoms with van der Waals surface area (Å²) in [6.45, 7) is 2.12. The molecule has 1 aliphatic rings. The van der Waals surface area contributed by atoms with Crippen LogP contribution in [0.15, 0.2) is 18.2 Å². The van der Waals surface area contributed by atoms with E-state index >= 15 is 0 Å². The molecule has 0 saturated carbocycles. The minimum atomic E-state index is -0.902. The van der Waals surface area contributed by atoms with Gasteiger partial charge in [0, 0.05) is 44.7 Å². The Hall–Kier alpha value is -2.13. The van der Waals surface area contributed by atoms with Crippen molar-refractivity contribution in [3.63, 3.8) is 0 Å². The molecule has 0 atom stereocenters. The lowest BCUT2D eigenvalue weighted by molar-refractivity contribution is -0.131. The van der Waals surface area contributed by atoms with Crippen LogP contribution in [0.2, 0.25) is 0 Å². The number of carbonyl (C=O) groups excluding carboxylic acids is 1. The number of methoxy groups -OCH3 is 1. The van der Waals surface area contributed by atoms with Gasteiger partial charge in [0.2, 0.25) is 11.0 Å². The molecular formula is C16H18F2N4O2S. The van der Waals surface area contributed by atoms with Crippen LogP contribution in [-0.4, -0.2) is 53.5 Å². The van der Waals surface area contributed by atoms with E-state index in [9.17, 15) is 13.6 Å². The topological polar surface area (TPSA) is 58.6 Å². The molecule has 1 amide bonds. The number of hydrogen-bond donors (Lipinski definition) is 0. The zero-order valence-corrected chi connectivity index (χ0v) is 14.6. The van der Waals surface area contributed by atoms with Gasteiger partial charge in [-0.2, -0.15) is 4.37 Å². The predicted molar refractivity (Wildman–Crippen MR) is 89.5 cm³/mol. The summed E-state index contributed by atoms with van der Waals surface area (Å²) in [5.41, 5.74) is 0.568. The lowest BCUT2D eigenvalue weighted by Crippen LogP contribution is -2.50. The van der Waals surface area contributed by atoms with Crippen molar-refractivity contribution >= 4 is 22.6 Å². The highest BCUT2D eigenvalue weighted by Gasteiger charge is 2.26. The van der Waals surface area contributed by atoms with Crippen LogP contribution in [0, 0.1) is 11.6 Å². The van der Waals surface area contributed by atoms with E-state index in [1.165, 1.54) is 17.6 Å². The van der Waals surface area contributed by atoms with E-state index in [4.69, 9.17) is 4.74 Å². The number of benzene rings is 1. The van der Waals surface area contributed by atoms with Crippen molar-refractivity contribution in [3.05, 3.63) is 41.2 Å². The van der Waals surface area contributed by atoms with E-state index in [1.807, 2.05) is 4.90 Å². The second-order valence-electron chi connectivity index (χ2n) is 5.72. The molecule has 1 fully saturated rings. The second-order valence-corrected chi connectivity index (χ2v) is 6.45. The Bertz CT molecular complexity index is 755. The van der Waals surface area contributed by atoms with Gasteiger partial charge in [-0.3, -0.25) is 4.79 Å². The Kier molecular flexibility index (Phi) is 5.54. The van der Waals surface area contributed by atoms with Gasteiger partial charge in [0.15, 0.2) is 11.6 Å². The van der Waals surface area contributed by atoms with Crippen LogP contribution in [0.4, 0.5) is 13.9 Å². The first kappa shape index (κ1) is 17.7. The molecule has 1 aromatic carbocycles. The molecule has 2 aromatic rings. The van der Waals surface area contributed by atoms with E-state index in [2.05, 4.69) is 9.36 Å². The van der Waals surface area contributed by atoms with Gasteiger partial charge >= 0.3 is 0 Å². The van der Waals surface area contributed by atoms with Crippen molar-refractivity contribution < 1.29 is 18.3 Å². The largest absolute Gasteiger partial charge is 0.384 e. The smallest absolute Gasteiger partial charge is 0.242 e. The van der Waals surface area contributed by atoms with E-state index in [1.54, 1.807) is 12.0 Å². The van der Waals surface area contributed by atoms with Crippen LogP contribution in [0.1, 0.15) is 11.4 Å². The first-order valence-electron chi connectivity index (χ1n) is 7.85. The molecule has 1 saturated heterocycles. The SMILES string of the molecule is COCCc1nsc(N2CCN(Cc3ccc(F)c(F)c3)C(=O)C2)n1. The first-order chi connectivity index (χ1) is 12.1. The van der Waals surface area contributed by atoms with E-state index in [0.29, 0.717) is 42.6 Å². The molecule has 0 N–H and O–H groups in total. The van der Waals surface area contributed by atoms with Crippen molar-refractivity contribution in [2.75, 3.05) is 38.3 Å². The summed E-state index contributed by atoms with van der Waals surface area (Å²) in [6, 6.07) is 3.70. The third kappa shape index (κ3) is 4.29. The van der Waals surface area contributed by atoms with E-state index in [-0.39, 0.29) is 19.0 Å². The molecule has 134 valence electrons. The quantitative estimate of drug-likeness (QED) is 0.779. The minimum absolute atomic E-state index is 0.0791. The zero-order valence-electron chi connectivity index (χ0n) is 13.7. The van der Waals surface area contributed by atoms with Crippen molar-refractivity contribution in [3.8, 4) is 0 Å². The Morgan fingerprint density at radius 2 is 2.12 bits per heavy atom. The van der Waals surface area contributed by atoms with Gasteiger partial charge in [-0.25, -0.2) is 13.8 Å². The van der Waals surface area contributed by atoms with Gasteiger partial charge in [0.05, 0.1) is 13.2 Å². The van der Waals surface area contributed by atoms with Crippen LogP contribution in [0.5, 0.6) is 0 Å². The fourth-order valence-corrected chi connectivity index (χ4v) is 3.30. The molecule has 0 spiro atoms. The zero-order chi connectivity index (χ0) is 17.8. The molecule has 0 aliphatic carbocycles. The highest BCUT2D eigenvalue weighted by Crippen LogP contribution is 2.21. The molecule has 1 aromatic heterocycles. The van der Waals surface area contributed by atoms with Crippen molar-refractivity contribution in [1.29, 1.82) is 0 Å². The summed E-state index contributed by atoms with van der Waals surface area (Å²) < 4.78 is 35.6. The molecule has 3 rings (SSSR count). The lowest BCUT2D eigenvalue weighted by Gasteiger charge is -2.34. The van der Waals surface area contributed by atoms with Gasteiger partial charge in [-0.1, -0.05) is 6.07 Å². The number of amides is 1. The minimum Gasteiger partial charge on any atom is -0.384 e. The van der Waals surface area contributed by atoms with Gasteiger partial charge in [-0.05, 0) is 17.7 Å². The fourth-order valence-electron chi connectivity index (χ4n) is 2.57. The molecular weight excluding hydrogens is 350 g/mol. The summed E-state index contributed by atoms with van der Waals surface area (Å²) >= 11 is 1.26. The molecule has 6 nitrogen and oxygen atoms in total. The monoisotopic (exact) mass is 368 g/mol. The average Bonchev–Trinajstić information content (AvgIpc) is 3.07. The number of anilines is 1. The second kappa shape index (κ2) is 7.83. The number of nitrogens with zero attached hydrogens (tertiary/aromatic N) is 4. The van der Waals surface area contributed by atoms with Crippen LogP contribution >= 0.6 is 11.5 Å². The standard InChI is InChI=1S/C16H18F2N4O2S/c1-24-7-4-14-19-16(25-20-14)22-6-5-21(15(23)10-22)9-11-2-3-12(17)13(18)8-11/h2-3,8H,4-7,9-10H2,1H3. The Morgan fingerprint density at radius 3 is 2.84 bits per heavy atom. The third-order valence-corrected chi connectivity index (χ3v) is 4.75. The van der Waals surface area contributed by atoms with E-state index < -0.39 is 11.6 Å². The van der Waals surface area contributed by atoms with E-state index in [0.717, 1.165) is 12.1 Å². The maximum Gasteiger partial charge on any atom is 0.242 e. The maximum absolute atomic E-state index is 13.3. The van der Waals surface area contributed by atoms with Gasteiger partial charge in [-0.15, -0.1) is 0 Å². The van der Waals surface area contributed by atoms with Crippen LogP contribution in [0.3, 0.4) is 0 Å². The summed E-state index contributed by atoms with van der Waals surface area (Å²) in [5, 5.41) is 0.715. The number of hydrogen-bond acceptors (Lipinski definition) is 6. The molecule has 0 unspecified atom stereocenters. The van der Waals surface area contributed by atoms with Gasteiger partial charge < -0.3 is 14.5 Å². The lowest BCUT2D eigenvalue weighted by atomic mass is 10.2. The van der Waals surface area contributed by atoms with Crippen molar-refractivity contribution in [1.82, 2.24) is 14.3 Å². The fraction of sp³-hybridized carbons (Fsp3) is 0.438. The van der Waals surface area contributed by atoms with Crippen LogP contribution in [-0.2, 0) is 22.5 Å². The molecule has 1 aliphatic heterocycles. The molecule has 2 heterocycles. The van der Waals surface area contributed by atoms with Gasteiger partial charge in [0.25, 0.3) is 0 Å². The molecule has 25 heavy (non-hydrogen) atoms.